The third-order valence-electron chi connectivity index (χ3n) is 3.94. The number of aliphatic hydroxyl groups excluding tert-OH is 1. The molecule has 0 radical (unpaired) electrons. The predicted octanol–water partition coefficient (Wildman–Crippen LogP) is 4.16. The van der Waals surface area contributed by atoms with Crippen molar-refractivity contribution in [1.82, 2.24) is 9.88 Å². The average Bonchev–Trinajstić information content (AvgIpc) is 2.63. The van der Waals surface area contributed by atoms with E-state index in [0.717, 1.165) is 5.56 Å². The molecule has 1 amide bonds. The zero-order valence-electron chi connectivity index (χ0n) is 16.5. The van der Waals surface area contributed by atoms with Gasteiger partial charge in [-0.25, -0.2) is 9.78 Å². The molecule has 1 atom stereocenters. The van der Waals surface area contributed by atoms with Crippen molar-refractivity contribution in [1.29, 1.82) is 0 Å². The summed E-state index contributed by atoms with van der Waals surface area (Å²) in [7, 11) is 0. The van der Waals surface area contributed by atoms with Crippen LogP contribution in [0.25, 0.3) is 0 Å². The van der Waals surface area contributed by atoms with Crippen molar-refractivity contribution in [2.75, 3.05) is 13.1 Å². The second-order valence-corrected chi connectivity index (χ2v) is 7.89. The minimum Gasteiger partial charge on any atom is -0.444 e. The lowest BCUT2D eigenvalue weighted by molar-refractivity contribution is -0.384. The maximum atomic E-state index is 12.6. The van der Waals surface area contributed by atoms with Crippen LogP contribution in [0.15, 0.2) is 42.5 Å². The zero-order valence-corrected chi connectivity index (χ0v) is 17.3. The summed E-state index contributed by atoms with van der Waals surface area (Å²) in [6.07, 6.45) is -1.18. The summed E-state index contributed by atoms with van der Waals surface area (Å²) in [4.78, 5) is 28.4. The number of nitro groups is 1. The van der Waals surface area contributed by atoms with Crippen LogP contribution in [0.2, 0.25) is 5.15 Å². The molecular formula is C20H24ClN3O5. The molecule has 0 aliphatic carbocycles. The van der Waals surface area contributed by atoms with E-state index in [0.29, 0.717) is 12.1 Å². The number of carbonyl (C=O) groups excluding carboxylic acids is 1. The van der Waals surface area contributed by atoms with Crippen molar-refractivity contribution in [3.8, 4) is 0 Å². The zero-order chi connectivity index (χ0) is 21.6. The van der Waals surface area contributed by atoms with E-state index >= 15 is 0 Å². The highest BCUT2D eigenvalue weighted by molar-refractivity contribution is 6.29. The van der Waals surface area contributed by atoms with Crippen molar-refractivity contribution in [3.05, 3.63) is 69.0 Å². The lowest BCUT2D eigenvalue weighted by atomic mass is 10.1. The molecule has 0 aliphatic heterocycles. The number of carbonyl (C=O) groups is 1. The van der Waals surface area contributed by atoms with Gasteiger partial charge >= 0.3 is 6.09 Å². The van der Waals surface area contributed by atoms with E-state index in [1.165, 1.54) is 17.0 Å². The maximum Gasteiger partial charge on any atom is 0.410 e. The van der Waals surface area contributed by atoms with Crippen LogP contribution in [0.4, 0.5) is 10.5 Å². The normalized spacial score (nSPS) is 12.3. The highest BCUT2D eigenvalue weighted by atomic mass is 35.5. The Morgan fingerprint density at radius 1 is 1.28 bits per heavy atom. The summed E-state index contributed by atoms with van der Waals surface area (Å²) < 4.78 is 5.44. The number of amides is 1. The third-order valence-corrected chi connectivity index (χ3v) is 4.15. The van der Waals surface area contributed by atoms with Crippen LogP contribution in [0, 0.1) is 10.1 Å². The largest absolute Gasteiger partial charge is 0.444 e. The average molecular weight is 422 g/mol. The first-order chi connectivity index (χ1) is 13.5. The van der Waals surface area contributed by atoms with Crippen molar-refractivity contribution >= 4 is 23.4 Å². The van der Waals surface area contributed by atoms with Crippen LogP contribution in [0.5, 0.6) is 0 Å². The predicted molar refractivity (Wildman–Crippen MR) is 109 cm³/mol. The maximum absolute atomic E-state index is 12.6. The molecule has 1 unspecified atom stereocenters. The van der Waals surface area contributed by atoms with Gasteiger partial charge in [0.2, 0.25) is 0 Å². The van der Waals surface area contributed by atoms with Crippen LogP contribution < -0.4 is 0 Å². The van der Waals surface area contributed by atoms with Gasteiger partial charge in [0.05, 0.1) is 17.2 Å². The van der Waals surface area contributed by atoms with Crippen molar-refractivity contribution in [2.24, 2.45) is 0 Å². The smallest absolute Gasteiger partial charge is 0.410 e. The van der Waals surface area contributed by atoms with Gasteiger partial charge < -0.3 is 14.7 Å². The monoisotopic (exact) mass is 421 g/mol. The summed E-state index contributed by atoms with van der Waals surface area (Å²) >= 11 is 5.88. The van der Waals surface area contributed by atoms with Crippen LogP contribution in [-0.2, 0) is 11.2 Å². The van der Waals surface area contributed by atoms with E-state index in [4.69, 9.17) is 16.3 Å². The molecule has 2 aromatic rings. The Hall–Kier alpha value is -2.71. The molecule has 2 rings (SSSR count). The third kappa shape index (κ3) is 7.32. The minimum atomic E-state index is -1.04. The molecule has 1 aromatic heterocycles. The van der Waals surface area contributed by atoms with Gasteiger partial charge in [0, 0.05) is 18.7 Å². The van der Waals surface area contributed by atoms with Gasteiger partial charge in [0.25, 0.3) is 5.69 Å². The molecule has 1 aromatic carbocycles. The number of hydrogen-bond acceptors (Lipinski definition) is 6. The Morgan fingerprint density at radius 3 is 2.48 bits per heavy atom. The van der Waals surface area contributed by atoms with Gasteiger partial charge in [0.15, 0.2) is 0 Å². The fraction of sp³-hybridized carbons (Fsp3) is 0.400. The van der Waals surface area contributed by atoms with Gasteiger partial charge in [-0.05, 0) is 44.9 Å². The number of hydrogen-bond donors (Lipinski definition) is 1. The molecule has 0 spiro atoms. The Balaban J connectivity index is 2.11. The fourth-order valence-corrected chi connectivity index (χ4v) is 2.71. The van der Waals surface area contributed by atoms with Crippen molar-refractivity contribution in [2.45, 2.75) is 38.9 Å². The van der Waals surface area contributed by atoms with E-state index in [1.807, 2.05) is 0 Å². The van der Waals surface area contributed by atoms with Crippen molar-refractivity contribution < 1.29 is 19.6 Å². The second-order valence-electron chi connectivity index (χ2n) is 7.50. The fourth-order valence-electron chi connectivity index (χ4n) is 2.54. The molecule has 1 heterocycles. The van der Waals surface area contributed by atoms with Gasteiger partial charge in [-0.2, -0.15) is 0 Å². The highest BCUT2D eigenvalue weighted by Gasteiger charge is 2.25. The molecule has 9 heteroatoms. The minimum absolute atomic E-state index is 0.000186. The Labute approximate surface area is 174 Å². The van der Waals surface area contributed by atoms with E-state index < -0.39 is 22.7 Å². The molecule has 0 fully saturated rings. The number of aliphatic hydroxyl groups is 1. The SMILES string of the molecule is CC(C)(C)OC(=O)N(CCc1ccc([N+](=O)[O-])cc1)CC(O)c1cccc(Cl)n1. The van der Waals surface area contributed by atoms with E-state index in [-0.39, 0.29) is 23.9 Å². The second kappa shape index (κ2) is 9.67. The lowest BCUT2D eigenvalue weighted by Gasteiger charge is -2.29. The van der Waals surface area contributed by atoms with E-state index in [9.17, 15) is 20.0 Å². The summed E-state index contributed by atoms with van der Waals surface area (Å²) in [5.74, 6) is 0. The molecule has 8 nitrogen and oxygen atoms in total. The van der Waals surface area contributed by atoms with E-state index in [2.05, 4.69) is 4.98 Å². The number of benzene rings is 1. The number of rotatable bonds is 7. The van der Waals surface area contributed by atoms with Crippen molar-refractivity contribution in [3.63, 3.8) is 0 Å². The molecule has 29 heavy (non-hydrogen) atoms. The van der Waals surface area contributed by atoms with Gasteiger partial charge in [-0.15, -0.1) is 0 Å². The number of halogens is 1. The quantitative estimate of drug-likeness (QED) is 0.409. The number of nitro benzene ring substituents is 1. The Morgan fingerprint density at radius 2 is 1.93 bits per heavy atom. The number of ether oxygens (including phenoxy) is 1. The number of aromatic nitrogens is 1. The summed E-state index contributed by atoms with van der Waals surface area (Å²) in [5.41, 5.74) is 0.475. The topological polar surface area (TPSA) is 106 Å². The Bertz CT molecular complexity index is 852. The lowest BCUT2D eigenvalue weighted by Crippen LogP contribution is -2.40. The van der Waals surface area contributed by atoms with Crippen LogP contribution >= 0.6 is 11.6 Å². The first kappa shape index (κ1) is 22.6. The summed E-state index contributed by atoms with van der Waals surface area (Å²) in [6, 6.07) is 11.0. The van der Waals surface area contributed by atoms with Crippen LogP contribution in [0.3, 0.4) is 0 Å². The number of non-ortho nitro benzene ring substituents is 1. The molecular weight excluding hydrogens is 398 g/mol. The van der Waals surface area contributed by atoms with Crippen LogP contribution in [-0.4, -0.2) is 44.7 Å². The number of pyridine rings is 1. The molecule has 1 N–H and O–H groups in total. The highest BCUT2D eigenvalue weighted by Crippen LogP contribution is 2.18. The molecule has 0 saturated carbocycles. The first-order valence-electron chi connectivity index (χ1n) is 9.07. The molecule has 0 bridgehead atoms. The number of nitrogens with zero attached hydrogens (tertiary/aromatic N) is 3. The van der Waals surface area contributed by atoms with Gasteiger partial charge in [0.1, 0.15) is 16.9 Å². The summed E-state index contributed by atoms with van der Waals surface area (Å²) in [5, 5.41) is 21.5. The Kier molecular flexibility index (Phi) is 7.53. The van der Waals surface area contributed by atoms with Gasteiger partial charge in [-0.1, -0.05) is 29.8 Å². The first-order valence-corrected chi connectivity index (χ1v) is 9.45. The van der Waals surface area contributed by atoms with Gasteiger partial charge in [-0.3, -0.25) is 10.1 Å². The van der Waals surface area contributed by atoms with E-state index in [1.54, 1.807) is 51.1 Å². The summed E-state index contributed by atoms with van der Waals surface area (Å²) in [6.45, 7) is 5.50. The standard InChI is InChI=1S/C20H24ClN3O5/c1-20(2,3)29-19(26)23(13-17(25)16-5-4-6-18(21)22-16)12-11-14-7-9-15(10-8-14)24(27)28/h4-10,17,25H,11-13H2,1-3H3. The molecule has 0 saturated heterocycles. The molecule has 156 valence electrons. The molecule has 0 aliphatic rings. The van der Waals surface area contributed by atoms with Crippen LogP contribution in [0.1, 0.15) is 38.1 Å².